The molecule has 0 bridgehead atoms. The maximum atomic E-state index is 11.9. The van der Waals surface area contributed by atoms with E-state index in [-0.39, 0.29) is 11.8 Å². The first-order valence-corrected chi connectivity index (χ1v) is 7.37. The lowest BCUT2D eigenvalue weighted by molar-refractivity contribution is -0.116. The van der Waals surface area contributed by atoms with Crippen molar-refractivity contribution in [3.05, 3.63) is 46.7 Å². The van der Waals surface area contributed by atoms with Crippen molar-refractivity contribution in [3.63, 3.8) is 0 Å². The Morgan fingerprint density at radius 1 is 1.05 bits per heavy atom. The second-order valence-corrected chi connectivity index (χ2v) is 5.61. The fourth-order valence-electron chi connectivity index (χ4n) is 1.72. The van der Waals surface area contributed by atoms with Crippen molar-refractivity contribution < 1.29 is 9.59 Å². The van der Waals surface area contributed by atoms with Crippen LogP contribution in [0.15, 0.2) is 41.1 Å². The van der Waals surface area contributed by atoms with Crippen LogP contribution in [0.25, 0.3) is 0 Å². The Hall–Kier alpha value is -2.18. The first kappa shape index (κ1) is 15.2. The zero-order valence-corrected chi connectivity index (χ0v) is 12.7. The summed E-state index contributed by atoms with van der Waals surface area (Å²) in [5, 5.41) is 9.25. The van der Waals surface area contributed by atoms with Crippen LogP contribution in [-0.2, 0) is 4.79 Å². The lowest BCUT2D eigenvalue weighted by Gasteiger charge is -2.10. The van der Waals surface area contributed by atoms with Crippen molar-refractivity contribution >= 4 is 34.5 Å². The molecule has 1 aromatic heterocycles. The molecule has 1 heterocycles. The molecule has 0 radical (unpaired) electrons. The summed E-state index contributed by atoms with van der Waals surface area (Å²) in [6, 6.07) is 8.81. The summed E-state index contributed by atoms with van der Waals surface area (Å²) in [5.41, 5.74) is 2.04. The lowest BCUT2D eigenvalue weighted by atomic mass is 10.2. The van der Waals surface area contributed by atoms with Gasteiger partial charge in [0.1, 0.15) is 0 Å². The third-order valence-electron chi connectivity index (χ3n) is 2.67. The summed E-state index contributed by atoms with van der Waals surface area (Å²) >= 11 is 1.48. The summed E-state index contributed by atoms with van der Waals surface area (Å²) in [4.78, 5) is 25.3. The molecular formula is C15H17N3O2S. The van der Waals surface area contributed by atoms with E-state index in [9.17, 15) is 9.59 Å². The third-order valence-corrected chi connectivity index (χ3v) is 3.35. The molecule has 0 fully saturated rings. The highest BCUT2D eigenvalue weighted by Gasteiger charge is 2.07. The number of thiophene rings is 1. The van der Waals surface area contributed by atoms with Crippen LogP contribution in [0.2, 0.25) is 0 Å². The molecule has 0 aliphatic carbocycles. The average Bonchev–Trinajstić information content (AvgIpc) is 2.94. The molecule has 110 valence electrons. The van der Waals surface area contributed by atoms with E-state index in [0.717, 1.165) is 0 Å². The molecule has 1 aromatic carbocycles. The van der Waals surface area contributed by atoms with E-state index in [1.54, 1.807) is 40.6 Å². The van der Waals surface area contributed by atoms with Gasteiger partial charge in [0, 0.05) is 16.8 Å². The van der Waals surface area contributed by atoms with Crippen molar-refractivity contribution in [3.8, 4) is 0 Å². The van der Waals surface area contributed by atoms with Gasteiger partial charge in [0.15, 0.2) is 0 Å². The van der Waals surface area contributed by atoms with Crippen LogP contribution in [0.5, 0.6) is 0 Å². The summed E-state index contributed by atoms with van der Waals surface area (Å²) in [6.07, 6.45) is 0. The van der Waals surface area contributed by atoms with Crippen LogP contribution >= 0.6 is 11.3 Å². The number of anilines is 2. The third kappa shape index (κ3) is 4.70. The topological polar surface area (TPSA) is 61.4 Å². The summed E-state index contributed by atoms with van der Waals surface area (Å²) in [6.45, 7) is 0.330. The molecule has 5 nitrogen and oxygen atoms in total. The van der Waals surface area contributed by atoms with E-state index < -0.39 is 0 Å². The molecule has 2 amide bonds. The molecule has 6 heteroatoms. The Labute approximate surface area is 127 Å². The van der Waals surface area contributed by atoms with E-state index in [4.69, 9.17) is 0 Å². The number of nitrogens with zero attached hydrogens (tertiary/aromatic N) is 1. The first-order valence-electron chi connectivity index (χ1n) is 6.43. The van der Waals surface area contributed by atoms with Crippen LogP contribution in [0.1, 0.15) is 10.4 Å². The highest BCUT2D eigenvalue weighted by Crippen LogP contribution is 2.15. The quantitative estimate of drug-likeness (QED) is 0.892. The SMILES string of the molecule is CN(C)CC(=O)Nc1ccc(NC(=O)c2ccsc2)cc1. The molecular weight excluding hydrogens is 286 g/mol. The van der Waals surface area contributed by atoms with Gasteiger partial charge in [-0.2, -0.15) is 11.3 Å². The van der Waals surface area contributed by atoms with E-state index in [2.05, 4.69) is 10.6 Å². The Morgan fingerprint density at radius 3 is 2.19 bits per heavy atom. The summed E-state index contributed by atoms with van der Waals surface area (Å²) in [5.74, 6) is -0.212. The highest BCUT2D eigenvalue weighted by molar-refractivity contribution is 7.08. The smallest absolute Gasteiger partial charge is 0.256 e. The molecule has 0 aliphatic heterocycles. The number of carbonyl (C=O) groups is 2. The van der Waals surface area contributed by atoms with Gasteiger partial charge >= 0.3 is 0 Å². The number of benzene rings is 1. The standard InChI is InChI=1S/C15H17N3O2S/c1-18(2)9-14(19)16-12-3-5-13(6-4-12)17-15(20)11-7-8-21-10-11/h3-8,10H,9H2,1-2H3,(H,16,19)(H,17,20). The van der Waals surface area contributed by atoms with E-state index in [0.29, 0.717) is 23.5 Å². The van der Waals surface area contributed by atoms with Gasteiger partial charge in [0.05, 0.1) is 12.1 Å². The van der Waals surface area contributed by atoms with Gasteiger partial charge in [-0.05, 0) is 49.8 Å². The van der Waals surface area contributed by atoms with Crippen molar-refractivity contribution in [2.75, 3.05) is 31.3 Å². The largest absolute Gasteiger partial charge is 0.325 e. The van der Waals surface area contributed by atoms with Gasteiger partial charge in [0.25, 0.3) is 5.91 Å². The van der Waals surface area contributed by atoms with Gasteiger partial charge in [0.2, 0.25) is 5.91 Å². The lowest BCUT2D eigenvalue weighted by Crippen LogP contribution is -2.27. The molecule has 0 aliphatic rings. The second-order valence-electron chi connectivity index (χ2n) is 4.83. The Bertz CT molecular complexity index is 606. The van der Waals surface area contributed by atoms with Crippen LogP contribution in [0, 0.1) is 0 Å². The number of amides is 2. The second kappa shape index (κ2) is 7.01. The van der Waals surface area contributed by atoms with Crippen LogP contribution in [0.3, 0.4) is 0 Å². The molecule has 0 atom stereocenters. The molecule has 2 aromatic rings. The minimum absolute atomic E-state index is 0.0740. The van der Waals surface area contributed by atoms with E-state index >= 15 is 0 Å². The van der Waals surface area contributed by atoms with Crippen molar-refractivity contribution in [1.29, 1.82) is 0 Å². The van der Waals surface area contributed by atoms with Crippen LogP contribution in [-0.4, -0.2) is 37.4 Å². The summed E-state index contributed by atoms with van der Waals surface area (Å²) < 4.78 is 0. The van der Waals surface area contributed by atoms with E-state index in [1.165, 1.54) is 11.3 Å². The van der Waals surface area contributed by atoms with Gasteiger partial charge in [-0.1, -0.05) is 0 Å². The minimum atomic E-state index is -0.138. The normalized spacial score (nSPS) is 10.4. The maximum absolute atomic E-state index is 11.9. The van der Waals surface area contributed by atoms with E-state index in [1.807, 2.05) is 19.5 Å². The average molecular weight is 303 g/mol. The number of rotatable bonds is 5. The molecule has 2 N–H and O–H groups in total. The van der Waals surface area contributed by atoms with Crippen molar-refractivity contribution in [2.45, 2.75) is 0 Å². The Balaban J connectivity index is 1.93. The zero-order chi connectivity index (χ0) is 15.2. The number of carbonyl (C=O) groups excluding carboxylic acids is 2. The van der Waals surface area contributed by atoms with Crippen molar-refractivity contribution in [2.24, 2.45) is 0 Å². The number of hydrogen-bond acceptors (Lipinski definition) is 4. The van der Waals surface area contributed by atoms with Crippen LogP contribution < -0.4 is 10.6 Å². The predicted octanol–water partition coefficient (Wildman–Crippen LogP) is 2.50. The minimum Gasteiger partial charge on any atom is -0.325 e. The Morgan fingerprint density at radius 2 is 1.67 bits per heavy atom. The molecule has 0 unspecified atom stereocenters. The zero-order valence-electron chi connectivity index (χ0n) is 11.9. The molecule has 2 rings (SSSR count). The molecule has 0 saturated carbocycles. The predicted molar refractivity (Wildman–Crippen MR) is 85.9 cm³/mol. The van der Waals surface area contributed by atoms with Crippen molar-refractivity contribution in [1.82, 2.24) is 4.90 Å². The maximum Gasteiger partial charge on any atom is 0.256 e. The highest BCUT2D eigenvalue weighted by atomic mass is 32.1. The number of nitrogens with one attached hydrogen (secondary N) is 2. The van der Waals surface area contributed by atoms with Gasteiger partial charge in [-0.15, -0.1) is 0 Å². The molecule has 21 heavy (non-hydrogen) atoms. The fraction of sp³-hybridized carbons (Fsp3) is 0.200. The monoisotopic (exact) mass is 303 g/mol. The fourth-order valence-corrected chi connectivity index (χ4v) is 2.36. The Kier molecular flexibility index (Phi) is 5.08. The first-order chi connectivity index (χ1) is 10.0. The van der Waals surface area contributed by atoms with Gasteiger partial charge < -0.3 is 15.5 Å². The van der Waals surface area contributed by atoms with Crippen LogP contribution in [0.4, 0.5) is 11.4 Å². The van der Waals surface area contributed by atoms with Gasteiger partial charge in [-0.3, -0.25) is 9.59 Å². The number of likely N-dealkylation sites (N-methyl/N-ethyl adjacent to an activating group) is 1. The van der Waals surface area contributed by atoms with Gasteiger partial charge in [-0.25, -0.2) is 0 Å². The number of hydrogen-bond donors (Lipinski definition) is 2. The molecule has 0 spiro atoms. The summed E-state index contributed by atoms with van der Waals surface area (Å²) in [7, 11) is 3.67. The molecule has 0 saturated heterocycles.